The van der Waals surface area contributed by atoms with Gasteiger partial charge >= 0.3 is 0 Å². The van der Waals surface area contributed by atoms with Gasteiger partial charge in [0, 0.05) is 19.7 Å². The van der Waals surface area contributed by atoms with Crippen LogP contribution in [0, 0.1) is 0 Å². The second-order valence-electron chi connectivity index (χ2n) is 3.50. The molecule has 0 spiro atoms. The second-order valence-corrected chi connectivity index (χ2v) is 5.73. The van der Waals surface area contributed by atoms with Crippen molar-refractivity contribution in [2.45, 2.75) is 19.9 Å². The Morgan fingerprint density at radius 1 is 1.56 bits per heavy atom. The summed E-state index contributed by atoms with van der Waals surface area (Å²) < 4.78 is 32.0. The minimum absolute atomic E-state index is 0.0370. The molecule has 0 rings (SSSR count). The first-order valence-corrected chi connectivity index (χ1v) is 6.69. The predicted octanol–water partition coefficient (Wildman–Crippen LogP) is -0.536. The largest absolute Gasteiger partial charge is 0.392 e. The molecule has 0 aromatic carbocycles. The lowest BCUT2D eigenvalue weighted by Gasteiger charge is -2.25. The van der Waals surface area contributed by atoms with E-state index in [1.54, 1.807) is 13.8 Å². The van der Waals surface area contributed by atoms with Gasteiger partial charge in [0.1, 0.15) is 0 Å². The van der Waals surface area contributed by atoms with E-state index in [4.69, 9.17) is 22.7 Å². The lowest BCUT2D eigenvalue weighted by atomic mass is 10.4. The fourth-order valence-corrected chi connectivity index (χ4v) is 2.65. The van der Waals surface area contributed by atoms with E-state index in [1.165, 1.54) is 11.4 Å². The maximum Gasteiger partial charge on any atom is 0.280 e. The molecule has 0 saturated heterocycles. The van der Waals surface area contributed by atoms with Gasteiger partial charge in [-0.2, -0.15) is 17.4 Å². The molecule has 0 aliphatic heterocycles. The van der Waals surface area contributed by atoms with Crippen molar-refractivity contribution < 1.29 is 13.2 Å². The quantitative estimate of drug-likeness (QED) is 0.457. The van der Waals surface area contributed by atoms with Crippen LogP contribution in [-0.2, 0) is 14.9 Å². The highest BCUT2D eigenvalue weighted by atomic mass is 32.2. The first kappa shape index (κ1) is 15.7. The van der Waals surface area contributed by atoms with Gasteiger partial charge < -0.3 is 10.5 Å². The van der Waals surface area contributed by atoms with Crippen LogP contribution in [0.1, 0.15) is 13.8 Å². The molecule has 0 aliphatic carbocycles. The van der Waals surface area contributed by atoms with Gasteiger partial charge in [0.2, 0.25) is 0 Å². The lowest BCUT2D eigenvalue weighted by Crippen LogP contribution is -2.48. The molecule has 0 aromatic rings. The van der Waals surface area contributed by atoms with Crippen molar-refractivity contribution in [2.24, 2.45) is 5.73 Å². The molecule has 0 fully saturated rings. The third-order valence-corrected chi connectivity index (χ3v) is 3.65. The highest BCUT2D eigenvalue weighted by Crippen LogP contribution is 2.04. The summed E-state index contributed by atoms with van der Waals surface area (Å²) in [7, 11) is -2.05. The van der Waals surface area contributed by atoms with E-state index in [-0.39, 0.29) is 24.1 Å². The number of rotatable bonds is 8. The van der Waals surface area contributed by atoms with Crippen molar-refractivity contribution in [1.29, 1.82) is 0 Å². The van der Waals surface area contributed by atoms with E-state index in [1.807, 2.05) is 0 Å². The smallest absolute Gasteiger partial charge is 0.280 e. The molecule has 0 aromatic heterocycles. The molecule has 0 heterocycles. The Kier molecular flexibility index (Phi) is 7.00. The fraction of sp³-hybridized carbons (Fsp3) is 0.875. The number of methoxy groups -OCH3 is 1. The van der Waals surface area contributed by atoms with Crippen molar-refractivity contribution in [2.75, 3.05) is 26.8 Å². The molecule has 0 saturated carbocycles. The maximum atomic E-state index is 11.8. The molecular formula is C8H19N3O3S2. The number of hydrogen-bond donors (Lipinski definition) is 2. The van der Waals surface area contributed by atoms with Crippen LogP contribution in [0.4, 0.5) is 0 Å². The number of nitrogens with two attached hydrogens (primary N) is 1. The Hall–Kier alpha value is -0.280. The minimum Gasteiger partial charge on any atom is -0.392 e. The Morgan fingerprint density at radius 3 is 2.50 bits per heavy atom. The Bertz CT molecular complexity index is 316. The van der Waals surface area contributed by atoms with Crippen molar-refractivity contribution in [3.05, 3.63) is 0 Å². The molecule has 8 heteroatoms. The standard InChI is InChI=1S/C8H19N3O3S2/c1-7(2)11(6-8(9)15)16(12,13)10-4-5-14-3/h7,10H,4-6H2,1-3H3,(H2,9,15). The number of hydrogen-bond acceptors (Lipinski definition) is 4. The highest BCUT2D eigenvalue weighted by Gasteiger charge is 2.24. The molecule has 16 heavy (non-hydrogen) atoms. The second kappa shape index (κ2) is 7.13. The van der Waals surface area contributed by atoms with Gasteiger partial charge in [-0.3, -0.25) is 0 Å². The summed E-state index contributed by atoms with van der Waals surface area (Å²) in [5, 5.41) is 0. The molecule has 0 unspecified atom stereocenters. The van der Waals surface area contributed by atoms with Gasteiger partial charge in [0.25, 0.3) is 10.2 Å². The molecule has 96 valence electrons. The van der Waals surface area contributed by atoms with Crippen LogP contribution in [-0.4, -0.2) is 50.6 Å². The SMILES string of the molecule is COCCNS(=O)(=O)N(CC(N)=S)C(C)C. The van der Waals surface area contributed by atoms with Crippen LogP contribution in [0.15, 0.2) is 0 Å². The molecule has 0 bridgehead atoms. The molecular weight excluding hydrogens is 250 g/mol. The summed E-state index contributed by atoms with van der Waals surface area (Å²) in [5.41, 5.74) is 5.36. The van der Waals surface area contributed by atoms with Crippen LogP contribution in [0.25, 0.3) is 0 Å². The zero-order chi connectivity index (χ0) is 12.8. The first-order chi connectivity index (χ1) is 7.31. The first-order valence-electron chi connectivity index (χ1n) is 4.85. The summed E-state index contributed by atoms with van der Waals surface area (Å²) in [4.78, 5) is 0.144. The third kappa shape index (κ3) is 5.71. The van der Waals surface area contributed by atoms with E-state index in [2.05, 4.69) is 4.72 Å². The van der Waals surface area contributed by atoms with Gasteiger partial charge in [-0.15, -0.1) is 0 Å². The summed E-state index contributed by atoms with van der Waals surface area (Å²) in [6.07, 6.45) is 0. The summed E-state index contributed by atoms with van der Waals surface area (Å²) in [6.45, 7) is 4.09. The van der Waals surface area contributed by atoms with Crippen molar-refractivity contribution in [1.82, 2.24) is 9.03 Å². The van der Waals surface area contributed by atoms with Gasteiger partial charge in [0.15, 0.2) is 0 Å². The van der Waals surface area contributed by atoms with Crippen molar-refractivity contribution >= 4 is 27.4 Å². The summed E-state index contributed by atoms with van der Waals surface area (Å²) in [6, 6.07) is -0.207. The Labute approximate surface area is 102 Å². The number of thiocarbonyl (C=S) groups is 1. The van der Waals surface area contributed by atoms with Crippen LogP contribution in [0.5, 0.6) is 0 Å². The van der Waals surface area contributed by atoms with Crippen LogP contribution in [0.2, 0.25) is 0 Å². The van der Waals surface area contributed by atoms with Gasteiger partial charge in [-0.1, -0.05) is 12.2 Å². The average Bonchev–Trinajstić information content (AvgIpc) is 2.13. The van der Waals surface area contributed by atoms with Crippen LogP contribution in [0.3, 0.4) is 0 Å². The molecule has 0 atom stereocenters. The van der Waals surface area contributed by atoms with E-state index in [0.29, 0.717) is 6.61 Å². The average molecular weight is 269 g/mol. The molecule has 6 nitrogen and oxygen atoms in total. The van der Waals surface area contributed by atoms with Gasteiger partial charge in [-0.25, -0.2) is 0 Å². The molecule has 0 aliphatic rings. The monoisotopic (exact) mass is 269 g/mol. The topological polar surface area (TPSA) is 84.7 Å². The van der Waals surface area contributed by atoms with Crippen molar-refractivity contribution in [3.63, 3.8) is 0 Å². The summed E-state index contributed by atoms with van der Waals surface area (Å²) >= 11 is 4.71. The van der Waals surface area contributed by atoms with E-state index < -0.39 is 10.2 Å². The zero-order valence-electron chi connectivity index (χ0n) is 9.76. The lowest BCUT2D eigenvalue weighted by molar-refractivity contribution is 0.203. The number of nitrogens with zero attached hydrogens (tertiary/aromatic N) is 1. The normalized spacial score (nSPS) is 12.3. The minimum atomic E-state index is -3.55. The summed E-state index contributed by atoms with van der Waals surface area (Å²) in [5.74, 6) is 0. The molecule has 0 radical (unpaired) electrons. The zero-order valence-corrected chi connectivity index (χ0v) is 11.4. The van der Waals surface area contributed by atoms with E-state index in [9.17, 15) is 8.42 Å². The number of nitrogens with one attached hydrogen (secondary N) is 1. The third-order valence-electron chi connectivity index (χ3n) is 1.79. The highest BCUT2D eigenvalue weighted by molar-refractivity contribution is 7.87. The Morgan fingerprint density at radius 2 is 2.12 bits per heavy atom. The van der Waals surface area contributed by atoms with E-state index >= 15 is 0 Å². The fourth-order valence-electron chi connectivity index (χ4n) is 1.05. The maximum absolute atomic E-state index is 11.8. The Balaban J connectivity index is 4.57. The van der Waals surface area contributed by atoms with Gasteiger partial charge in [-0.05, 0) is 13.8 Å². The van der Waals surface area contributed by atoms with Crippen LogP contribution < -0.4 is 10.5 Å². The number of ether oxygens (including phenoxy) is 1. The molecule has 0 amide bonds. The van der Waals surface area contributed by atoms with Crippen LogP contribution >= 0.6 is 12.2 Å². The molecule has 3 N–H and O–H groups in total. The predicted molar refractivity (Wildman–Crippen MR) is 67.4 cm³/mol. The van der Waals surface area contributed by atoms with Gasteiger partial charge in [0.05, 0.1) is 18.1 Å². The van der Waals surface area contributed by atoms with E-state index in [0.717, 1.165) is 0 Å². The van der Waals surface area contributed by atoms with Crippen molar-refractivity contribution in [3.8, 4) is 0 Å².